The Bertz CT molecular complexity index is 2920. The van der Waals surface area contributed by atoms with Crippen LogP contribution in [-0.4, -0.2) is 0 Å². The highest BCUT2D eigenvalue weighted by atomic mass is 16.3. The van der Waals surface area contributed by atoms with Crippen molar-refractivity contribution in [2.75, 3.05) is 4.90 Å². The first-order valence-electron chi connectivity index (χ1n) is 18.4. The molecule has 0 amide bonds. The van der Waals surface area contributed by atoms with E-state index in [1.165, 1.54) is 44.2 Å². The van der Waals surface area contributed by atoms with Gasteiger partial charge in [0, 0.05) is 27.8 Å². The Morgan fingerprint density at radius 3 is 1.57 bits per heavy atom. The standard InChI is InChI=1S/C52H35NO/c1-2-11-36(12-3-1)41-16-9-18-46(34-41)53(45-30-25-38(26-31-45)42-27-32-52-50(35-42)49-20-6-7-22-51(49)54-52)44-28-23-37(24-29-44)40-15-8-17-43(33-40)48-21-10-14-39-13-4-5-19-47(39)48/h1-35H. The van der Waals surface area contributed by atoms with E-state index in [-0.39, 0.29) is 0 Å². The fourth-order valence-electron chi connectivity index (χ4n) is 7.76. The second-order valence-electron chi connectivity index (χ2n) is 13.8. The number of rotatable bonds is 7. The second kappa shape index (κ2) is 13.4. The molecule has 0 N–H and O–H groups in total. The summed E-state index contributed by atoms with van der Waals surface area (Å²) in [7, 11) is 0. The Labute approximate surface area is 314 Å². The number of nitrogens with zero attached hydrogens (tertiary/aromatic N) is 1. The maximum Gasteiger partial charge on any atom is 0.135 e. The first kappa shape index (κ1) is 31.6. The molecule has 2 nitrogen and oxygen atoms in total. The summed E-state index contributed by atoms with van der Waals surface area (Å²) in [5.74, 6) is 0. The predicted octanol–water partition coefficient (Wildman–Crippen LogP) is 14.9. The average molecular weight is 690 g/mol. The normalized spacial score (nSPS) is 11.3. The van der Waals surface area contributed by atoms with Gasteiger partial charge < -0.3 is 9.32 Å². The minimum absolute atomic E-state index is 0.907. The van der Waals surface area contributed by atoms with Crippen LogP contribution in [0.1, 0.15) is 0 Å². The summed E-state index contributed by atoms with van der Waals surface area (Å²) in [6.45, 7) is 0. The second-order valence-corrected chi connectivity index (χ2v) is 13.8. The van der Waals surface area contributed by atoms with Crippen LogP contribution in [0.5, 0.6) is 0 Å². The summed E-state index contributed by atoms with van der Waals surface area (Å²) in [6.07, 6.45) is 0. The quantitative estimate of drug-likeness (QED) is 0.166. The minimum Gasteiger partial charge on any atom is -0.456 e. The highest BCUT2D eigenvalue weighted by molar-refractivity contribution is 6.06. The van der Waals surface area contributed by atoms with Crippen LogP contribution in [0.25, 0.3) is 77.2 Å². The molecule has 0 aliphatic rings. The van der Waals surface area contributed by atoms with Gasteiger partial charge in [0.1, 0.15) is 11.2 Å². The fourth-order valence-corrected chi connectivity index (χ4v) is 7.76. The smallest absolute Gasteiger partial charge is 0.135 e. The molecular weight excluding hydrogens is 655 g/mol. The maximum absolute atomic E-state index is 6.10. The minimum atomic E-state index is 0.907. The number of hydrogen-bond donors (Lipinski definition) is 0. The van der Waals surface area contributed by atoms with Crippen LogP contribution >= 0.6 is 0 Å². The average Bonchev–Trinajstić information content (AvgIpc) is 3.63. The van der Waals surface area contributed by atoms with Crippen LogP contribution in [0.3, 0.4) is 0 Å². The van der Waals surface area contributed by atoms with Gasteiger partial charge in [0.25, 0.3) is 0 Å². The van der Waals surface area contributed by atoms with Crippen molar-refractivity contribution in [3.05, 3.63) is 212 Å². The lowest BCUT2D eigenvalue weighted by atomic mass is 9.95. The van der Waals surface area contributed by atoms with Crippen molar-refractivity contribution >= 4 is 49.8 Å². The Hall–Kier alpha value is -7.16. The van der Waals surface area contributed by atoms with Gasteiger partial charge in [-0.3, -0.25) is 0 Å². The van der Waals surface area contributed by atoms with E-state index < -0.39 is 0 Å². The van der Waals surface area contributed by atoms with Gasteiger partial charge in [-0.05, 0) is 116 Å². The highest BCUT2D eigenvalue weighted by Crippen LogP contribution is 2.40. The Morgan fingerprint density at radius 2 is 0.796 bits per heavy atom. The molecule has 0 aliphatic carbocycles. The molecule has 0 fully saturated rings. The van der Waals surface area contributed by atoms with Gasteiger partial charge in [0.05, 0.1) is 0 Å². The first-order valence-corrected chi connectivity index (χ1v) is 18.4. The van der Waals surface area contributed by atoms with Crippen LogP contribution < -0.4 is 4.90 Å². The number of hydrogen-bond acceptors (Lipinski definition) is 2. The van der Waals surface area contributed by atoms with Crippen LogP contribution in [-0.2, 0) is 0 Å². The lowest BCUT2D eigenvalue weighted by Gasteiger charge is -2.26. The maximum atomic E-state index is 6.10. The molecule has 0 bridgehead atoms. The zero-order valence-corrected chi connectivity index (χ0v) is 29.6. The van der Waals surface area contributed by atoms with Gasteiger partial charge in [-0.15, -0.1) is 0 Å². The first-order chi connectivity index (χ1) is 26.7. The molecule has 254 valence electrons. The monoisotopic (exact) mass is 689 g/mol. The van der Waals surface area contributed by atoms with E-state index in [1.807, 2.05) is 12.1 Å². The lowest BCUT2D eigenvalue weighted by molar-refractivity contribution is 0.669. The zero-order valence-electron chi connectivity index (χ0n) is 29.6. The number of anilines is 3. The molecule has 10 rings (SSSR count). The molecule has 0 aliphatic heterocycles. The number of furan rings is 1. The molecule has 54 heavy (non-hydrogen) atoms. The van der Waals surface area contributed by atoms with Crippen molar-refractivity contribution in [1.29, 1.82) is 0 Å². The molecule has 0 radical (unpaired) electrons. The largest absolute Gasteiger partial charge is 0.456 e. The molecule has 0 saturated heterocycles. The SMILES string of the molecule is c1ccc(-c2cccc(N(c3ccc(-c4cccc(-c5cccc6ccccc56)c4)cc3)c3ccc(-c4ccc5oc6ccccc6c5c4)cc3)c2)cc1. The summed E-state index contributed by atoms with van der Waals surface area (Å²) in [6, 6.07) is 76.0. The fraction of sp³-hybridized carbons (Fsp3) is 0. The molecular formula is C52H35NO. The molecule has 0 unspecified atom stereocenters. The Balaban J connectivity index is 1.03. The van der Waals surface area contributed by atoms with E-state index in [1.54, 1.807) is 0 Å². The summed E-state index contributed by atoms with van der Waals surface area (Å²) in [5.41, 5.74) is 14.6. The molecule has 1 aromatic heterocycles. The van der Waals surface area contributed by atoms with Gasteiger partial charge in [-0.1, -0.05) is 152 Å². The molecule has 0 atom stereocenters. The molecule has 10 aromatic rings. The van der Waals surface area contributed by atoms with Gasteiger partial charge in [-0.2, -0.15) is 0 Å². The number of fused-ring (bicyclic) bond motifs is 4. The van der Waals surface area contributed by atoms with Crippen LogP contribution in [0.15, 0.2) is 217 Å². The predicted molar refractivity (Wildman–Crippen MR) is 228 cm³/mol. The summed E-state index contributed by atoms with van der Waals surface area (Å²) in [4.78, 5) is 2.35. The van der Waals surface area contributed by atoms with Crippen LogP contribution in [0, 0.1) is 0 Å². The molecule has 1 heterocycles. The lowest BCUT2D eigenvalue weighted by Crippen LogP contribution is -2.10. The van der Waals surface area contributed by atoms with Gasteiger partial charge in [0.2, 0.25) is 0 Å². The number of benzene rings is 9. The van der Waals surface area contributed by atoms with Crippen LogP contribution in [0.4, 0.5) is 17.1 Å². The van der Waals surface area contributed by atoms with E-state index in [2.05, 4.69) is 205 Å². The number of para-hydroxylation sites is 1. The third-order valence-electron chi connectivity index (χ3n) is 10.5. The third-order valence-corrected chi connectivity index (χ3v) is 10.5. The molecule has 9 aromatic carbocycles. The highest BCUT2D eigenvalue weighted by Gasteiger charge is 2.15. The van der Waals surface area contributed by atoms with E-state index >= 15 is 0 Å². The van der Waals surface area contributed by atoms with Gasteiger partial charge in [0.15, 0.2) is 0 Å². The van der Waals surface area contributed by atoms with Crippen LogP contribution in [0.2, 0.25) is 0 Å². The summed E-state index contributed by atoms with van der Waals surface area (Å²) < 4.78 is 6.10. The molecule has 0 spiro atoms. The Morgan fingerprint density at radius 1 is 0.278 bits per heavy atom. The van der Waals surface area contributed by atoms with Gasteiger partial charge in [-0.25, -0.2) is 0 Å². The molecule has 0 saturated carbocycles. The van der Waals surface area contributed by atoms with Crippen molar-refractivity contribution in [2.24, 2.45) is 0 Å². The van der Waals surface area contributed by atoms with E-state index in [4.69, 9.17) is 4.42 Å². The zero-order chi connectivity index (χ0) is 35.8. The van der Waals surface area contributed by atoms with E-state index in [9.17, 15) is 0 Å². The Kier molecular flexibility index (Phi) is 7.85. The van der Waals surface area contributed by atoms with Crippen molar-refractivity contribution in [2.45, 2.75) is 0 Å². The molecule has 2 heteroatoms. The van der Waals surface area contributed by atoms with Crippen molar-refractivity contribution in [1.82, 2.24) is 0 Å². The topological polar surface area (TPSA) is 16.4 Å². The van der Waals surface area contributed by atoms with E-state index in [0.717, 1.165) is 50.1 Å². The summed E-state index contributed by atoms with van der Waals surface area (Å²) >= 11 is 0. The van der Waals surface area contributed by atoms with Gasteiger partial charge >= 0.3 is 0 Å². The third kappa shape index (κ3) is 5.81. The summed E-state index contributed by atoms with van der Waals surface area (Å²) in [5, 5.41) is 4.79. The van der Waals surface area contributed by atoms with Crippen molar-refractivity contribution < 1.29 is 4.42 Å². The van der Waals surface area contributed by atoms with Crippen molar-refractivity contribution in [3.8, 4) is 44.5 Å². The van der Waals surface area contributed by atoms with E-state index in [0.29, 0.717) is 0 Å². The van der Waals surface area contributed by atoms with Crippen molar-refractivity contribution in [3.63, 3.8) is 0 Å².